The number of carbonyl (C=O) groups is 1. The number of amides is 1. The average Bonchev–Trinajstić information content (AvgIpc) is 3.10. The van der Waals surface area contributed by atoms with Crippen molar-refractivity contribution in [2.75, 3.05) is 18.1 Å². The molecule has 0 saturated carbocycles. The van der Waals surface area contributed by atoms with Crippen LogP contribution in [-0.2, 0) is 23.0 Å². The minimum atomic E-state index is -3.24. The Morgan fingerprint density at radius 2 is 1.79 bits per heavy atom. The Hall–Kier alpha value is -2.75. The molecule has 9 heteroatoms. The largest absolute Gasteiger partial charge is 0.457 e. The first-order chi connectivity index (χ1) is 13.9. The van der Waals surface area contributed by atoms with Crippen LogP contribution in [0.15, 0.2) is 54.6 Å². The number of para-hydroxylation sites is 1. The van der Waals surface area contributed by atoms with E-state index in [0.29, 0.717) is 36.0 Å². The van der Waals surface area contributed by atoms with E-state index in [-0.39, 0.29) is 5.91 Å². The zero-order valence-electron chi connectivity index (χ0n) is 15.7. The maximum atomic E-state index is 12.5. The van der Waals surface area contributed by atoms with E-state index in [1.54, 1.807) is 24.3 Å². The molecule has 7 nitrogen and oxygen atoms in total. The van der Waals surface area contributed by atoms with Crippen LogP contribution >= 0.6 is 11.3 Å². The van der Waals surface area contributed by atoms with Crippen LogP contribution in [0.25, 0.3) is 0 Å². The predicted octanol–water partition coefficient (Wildman–Crippen LogP) is 3.51. The molecule has 1 N–H and O–H groups in total. The first kappa shape index (κ1) is 19.6. The number of thiazole rings is 1. The number of nitrogens with one attached hydrogen (secondary N) is 1. The van der Waals surface area contributed by atoms with Gasteiger partial charge in [0.2, 0.25) is 10.0 Å². The van der Waals surface area contributed by atoms with Gasteiger partial charge in [-0.3, -0.25) is 10.1 Å². The van der Waals surface area contributed by atoms with Crippen LogP contribution in [0, 0.1) is 0 Å². The summed E-state index contributed by atoms with van der Waals surface area (Å²) in [6.45, 7) is 0.707. The van der Waals surface area contributed by atoms with Gasteiger partial charge in [0, 0.05) is 30.0 Å². The zero-order valence-corrected chi connectivity index (χ0v) is 17.3. The lowest BCUT2D eigenvalue weighted by atomic mass is 10.2. The van der Waals surface area contributed by atoms with Crippen LogP contribution in [0.3, 0.4) is 0 Å². The van der Waals surface area contributed by atoms with E-state index in [1.807, 2.05) is 30.3 Å². The van der Waals surface area contributed by atoms with Gasteiger partial charge >= 0.3 is 0 Å². The molecule has 29 heavy (non-hydrogen) atoms. The van der Waals surface area contributed by atoms with Gasteiger partial charge in [-0.05, 0) is 36.4 Å². The molecule has 0 spiro atoms. The number of nitrogens with zero attached hydrogens (tertiary/aromatic N) is 2. The number of benzene rings is 2. The first-order valence-corrected chi connectivity index (χ1v) is 11.6. The number of hydrogen-bond donors (Lipinski definition) is 1. The summed E-state index contributed by atoms with van der Waals surface area (Å²) in [6, 6.07) is 16.2. The van der Waals surface area contributed by atoms with E-state index in [9.17, 15) is 13.2 Å². The zero-order chi connectivity index (χ0) is 20.4. The van der Waals surface area contributed by atoms with Crippen LogP contribution in [-0.4, -0.2) is 36.4 Å². The topological polar surface area (TPSA) is 88.6 Å². The SMILES string of the molecule is CS(=O)(=O)N1CCc2nc(NC(=O)c3ccc(Oc4ccccc4)cc3)sc2C1. The van der Waals surface area contributed by atoms with Gasteiger partial charge in [0.15, 0.2) is 5.13 Å². The minimum Gasteiger partial charge on any atom is -0.457 e. The minimum absolute atomic E-state index is 0.276. The molecule has 1 aliphatic rings. The van der Waals surface area contributed by atoms with Crippen LogP contribution in [0.5, 0.6) is 11.5 Å². The number of sulfonamides is 1. The summed E-state index contributed by atoms with van der Waals surface area (Å²) in [5.41, 5.74) is 1.33. The molecule has 2 heterocycles. The standard InChI is InChI=1S/C20H19N3O4S2/c1-29(25,26)23-12-11-17-18(13-23)28-20(21-17)22-19(24)14-7-9-16(10-8-14)27-15-5-3-2-4-6-15/h2-10H,11-13H2,1H3,(H,21,22,24). The molecule has 0 unspecified atom stereocenters. The Morgan fingerprint density at radius 1 is 1.10 bits per heavy atom. The molecule has 0 aliphatic carbocycles. The Labute approximate surface area is 173 Å². The molecular formula is C20H19N3O4S2. The van der Waals surface area contributed by atoms with Crippen LogP contribution < -0.4 is 10.1 Å². The highest BCUT2D eigenvalue weighted by Crippen LogP contribution is 2.29. The third-order valence-corrected chi connectivity index (χ3v) is 6.73. The summed E-state index contributed by atoms with van der Waals surface area (Å²) in [6.07, 6.45) is 1.74. The van der Waals surface area contributed by atoms with Gasteiger partial charge in [-0.1, -0.05) is 18.2 Å². The summed E-state index contributed by atoms with van der Waals surface area (Å²) in [5.74, 6) is 1.09. The van der Waals surface area contributed by atoms with Crippen molar-refractivity contribution in [3.63, 3.8) is 0 Å². The Kier molecular flexibility index (Phi) is 5.35. The van der Waals surface area contributed by atoms with Gasteiger partial charge in [0.05, 0.1) is 11.9 Å². The van der Waals surface area contributed by atoms with E-state index >= 15 is 0 Å². The van der Waals surface area contributed by atoms with Crippen molar-refractivity contribution in [1.29, 1.82) is 0 Å². The van der Waals surface area contributed by atoms with E-state index < -0.39 is 10.0 Å². The number of aromatic nitrogens is 1. The molecule has 0 saturated heterocycles. The Bertz CT molecular complexity index is 1130. The van der Waals surface area contributed by atoms with Crippen molar-refractivity contribution in [3.8, 4) is 11.5 Å². The number of carbonyl (C=O) groups excluding carboxylic acids is 1. The molecular weight excluding hydrogens is 410 g/mol. The molecule has 0 radical (unpaired) electrons. The highest BCUT2D eigenvalue weighted by atomic mass is 32.2. The molecule has 0 fully saturated rings. The van der Waals surface area contributed by atoms with Gasteiger partial charge in [0.1, 0.15) is 11.5 Å². The molecule has 0 bridgehead atoms. The lowest BCUT2D eigenvalue weighted by molar-refractivity contribution is 0.102. The van der Waals surface area contributed by atoms with Crippen molar-refractivity contribution in [2.24, 2.45) is 0 Å². The number of rotatable bonds is 5. The molecule has 1 amide bonds. The summed E-state index contributed by atoms with van der Waals surface area (Å²) < 4.78 is 30.6. The summed E-state index contributed by atoms with van der Waals surface area (Å²) in [7, 11) is -3.24. The van der Waals surface area contributed by atoms with Gasteiger partial charge < -0.3 is 4.74 Å². The highest BCUT2D eigenvalue weighted by Gasteiger charge is 2.26. The molecule has 150 valence electrons. The van der Waals surface area contributed by atoms with E-state index in [2.05, 4.69) is 10.3 Å². The molecule has 1 aromatic heterocycles. The lowest BCUT2D eigenvalue weighted by Crippen LogP contribution is -2.34. The Morgan fingerprint density at radius 3 is 2.48 bits per heavy atom. The van der Waals surface area contributed by atoms with E-state index in [1.165, 1.54) is 21.9 Å². The van der Waals surface area contributed by atoms with Gasteiger partial charge in [-0.15, -0.1) is 11.3 Å². The van der Waals surface area contributed by atoms with E-state index in [0.717, 1.165) is 16.3 Å². The second kappa shape index (κ2) is 7.94. The number of anilines is 1. The van der Waals surface area contributed by atoms with Gasteiger partial charge in [-0.25, -0.2) is 13.4 Å². The fourth-order valence-corrected chi connectivity index (χ4v) is 4.86. The quantitative estimate of drug-likeness (QED) is 0.671. The molecule has 0 atom stereocenters. The van der Waals surface area contributed by atoms with E-state index in [4.69, 9.17) is 4.74 Å². The fourth-order valence-electron chi connectivity index (χ4n) is 2.98. The number of hydrogen-bond acceptors (Lipinski definition) is 6. The molecule has 2 aromatic carbocycles. The predicted molar refractivity (Wildman–Crippen MR) is 112 cm³/mol. The lowest BCUT2D eigenvalue weighted by Gasteiger charge is -2.23. The van der Waals surface area contributed by atoms with Crippen molar-refractivity contribution in [1.82, 2.24) is 9.29 Å². The average molecular weight is 430 g/mol. The van der Waals surface area contributed by atoms with Crippen LogP contribution in [0.1, 0.15) is 20.9 Å². The third kappa shape index (κ3) is 4.64. The van der Waals surface area contributed by atoms with Gasteiger partial charge in [-0.2, -0.15) is 4.31 Å². The number of ether oxygens (including phenoxy) is 1. The first-order valence-electron chi connectivity index (χ1n) is 8.96. The smallest absolute Gasteiger partial charge is 0.257 e. The highest BCUT2D eigenvalue weighted by molar-refractivity contribution is 7.88. The molecule has 1 aliphatic heterocycles. The molecule has 4 rings (SSSR count). The van der Waals surface area contributed by atoms with Crippen molar-refractivity contribution < 1.29 is 17.9 Å². The maximum Gasteiger partial charge on any atom is 0.257 e. The van der Waals surface area contributed by atoms with Crippen molar-refractivity contribution >= 4 is 32.4 Å². The van der Waals surface area contributed by atoms with Crippen LogP contribution in [0.2, 0.25) is 0 Å². The third-order valence-electron chi connectivity index (χ3n) is 4.48. The van der Waals surface area contributed by atoms with Crippen molar-refractivity contribution in [3.05, 3.63) is 70.7 Å². The summed E-state index contributed by atoms with van der Waals surface area (Å²) >= 11 is 1.31. The summed E-state index contributed by atoms with van der Waals surface area (Å²) in [5, 5.41) is 3.27. The maximum absolute atomic E-state index is 12.5. The fraction of sp³-hybridized carbons (Fsp3) is 0.200. The van der Waals surface area contributed by atoms with Crippen molar-refractivity contribution in [2.45, 2.75) is 13.0 Å². The summed E-state index contributed by atoms with van der Waals surface area (Å²) in [4.78, 5) is 17.8. The monoisotopic (exact) mass is 429 g/mol. The number of fused-ring (bicyclic) bond motifs is 1. The molecule has 3 aromatic rings. The second-order valence-corrected chi connectivity index (χ2v) is 9.70. The Balaban J connectivity index is 1.42. The second-order valence-electron chi connectivity index (χ2n) is 6.63. The van der Waals surface area contributed by atoms with Gasteiger partial charge in [0.25, 0.3) is 5.91 Å². The van der Waals surface area contributed by atoms with Crippen LogP contribution in [0.4, 0.5) is 5.13 Å². The normalized spacial score (nSPS) is 14.2.